The molecule has 4 nitrogen and oxygen atoms in total. The smallest absolute Gasteiger partial charge is 0.322 e. The van der Waals surface area contributed by atoms with E-state index in [-0.39, 0.29) is 6.03 Å². The maximum atomic E-state index is 12.9. The van der Waals surface area contributed by atoms with Gasteiger partial charge in [0.1, 0.15) is 0 Å². The first kappa shape index (κ1) is 13.6. The van der Waals surface area contributed by atoms with Crippen LogP contribution >= 0.6 is 0 Å². The Kier molecular flexibility index (Phi) is 4.17. The summed E-state index contributed by atoms with van der Waals surface area (Å²) < 4.78 is 0. The molecule has 0 aromatic heterocycles. The summed E-state index contributed by atoms with van der Waals surface area (Å²) >= 11 is 0. The molecule has 1 N–H and O–H groups in total. The molecule has 1 heterocycles. The Labute approximate surface area is 125 Å². The van der Waals surface area contributed by atoms with Gasteiger partial charge in [-0.2, -0.15) is 0 Å². The lowest BCUT2D eigenvalue weighted by atomic mass is 10.2. The highest BCUT2D eigenvalue weighted by Gasteiger charge is 2.24. The molecule has 0 unspecified atom stereocenters. The number of rotatable bonds is 2. The molecule has 0 saturated carbocycles. The first-order valence-corrected chi connectivity index (χ1v) is 7.26. The molecule has 0 bridgehead atoms. The third-order valence-corrected chi connectivity index (χ3v) is 3.61. The number of piperazine rings is 1. The Bertz CT molecular complexity index is 540. The second-order valence-corrected chi connectivity index (χ2v) is 5.03. The fourth-order valence-corrected chi connectivity index (χ4v) is 2.52. The van der Waals surface area contributed by atoms with Crippen LogP contribution < -0.4 is 10.2 Å². The van der Waals surface area contributed by atoms with Crippen molar-refractivity contribution in [3.8, 4) is 0 Å². The van der Waals surface area contributed by atoms with Gasteiger partial charge < -0.3 is 10.2 Å². The van der Waals surface area contributed by atoms with Gasteiger partial charge in [0.05, 0.1) is 11.4 Å². The summed E-state index contributed by atoms with van der Waals surface area (Å²) in [5, 5.41) is 3.28. The predicted molar refractivity (Wildman–Crippen MR) is 84.9 cm³/mol. The minimum Gasteiger partial charge on any atom is -0.322 e. The summed E-state index contributed by atoms with van der Waals surface area (Å²) in [4.78, 5) is 16.6. The molecule has 21 heavy (non-hydrogen) atoms. The number of carbonyl (C=O) groups is 1. The van der Waals surface area contributed by atoms with Gasteiger partial charge in [-0.25, -0.2) is 4.79 Å². The zero-order valence-corrected chi connectivity index (χ0v) is 11.9. The van der Waals surface area contributed by atoms with Crippen molar-refractivity contribution in [3.63, 3.8) is 0 Å². The molecule has 1 aliphatic heterocycles. The normalized spacial score (nSPS) is 14.8. The average molecular weight is 281 g/mol. The Morgan fingerprint density at radius 2 is 1.33 bits per heavy atom. The van der Waals surface area contributed by atoms with Gasteiger partial charge in [-0.1, -0.05) is 36.4 Å². The van der Waals surface area contributed by atoms with Crippen molar-refractivity contribution >= 4 is 17.4 Å². The summed E-state index contributed by atoms with van der Waals surface area (Å²) in [6.07, 6.45) is 0. The molecule has 4 heteroatoms. The summed E-state index contributed by atoms with van der Waals surface area (Å²) in [5.74, 6) is 0. The lowest BCUT2D eigenvalue weighted by Crippen LogP contribution is -2.50. The van der Waals surface area contributed by atoms with Crippen LogP contribution in [0.4, 0.5) is 16.2 Å². The fraction of sp³-hybridized carbons (Fsp3) is 0.235. The number of carbonyl (C=O) groups excluding carboxylic acids is 1. The minimum absolute atomic E-state index is 0.0360. The maximum absolute atomic E-state index is 12.9. The maximum Gasteiger partial charge on any atom is 0.329 e. The zero-order valence-electron chi connectivity index (χ0n) is 11.9. The van der Waals surface area contributed by atoms with Crippen molar-refractivity contribution in [2.75, 3.05) is 31.1 Å². The lowest BCUT2D eigenvalue weighted by Gasteiger charge is -2.33. The largest absolute Gasteiger partial charge is 0.329 e. The van der Waals surface area contributed by atoms with E-state index in [1.54, 1.807) is 4.90 Å². The fourth-order valence-electron chi connectivity index (χ4n) is 2.52. The van der Waals surface area contributed by atoms with Gasteiger partial charge in [0, 0.05) is 26.2 Å². The van der Waals surface area contributed by atoms with Crippen LogP contribution in [0.5, 0.6) is 0 Å². The summed E-state index contributed by atoms with van der Waals surface area (Å²) in [6.45, 7) is 3.19. The van der Waals surface area contributed by atoms with Crippen LogP contribution in [-0.4, -0.2) is 37.1 Å². The lowest BCUT2D eigenvalue weighted by molar-refractivity contribution is 0.199. The number of amides is 2. The van der Waals surface area contributed by atoms with Crippen LogP contribution in [0.1, 0.15) is 0 Å². The standard InChI is InChI=1S/C17H19N3O/c21-17(19-13-11-18-12-14-19)20(15-7-3-1-4-8-15)16-9-5-2-6-10-16/h1-10,18H,11-14H2. The predicted octanol–water partition coefficient (Wildman–Crippen LogP) is 2.85. The molecule has 2 aromatic carbocycles. The van der Waals surface area contributed by atoms with Crippen LogP contribution in [0.15, 0.2) is 60.7 Å². The number of hydrogen-bond acceptors (Lipinski definition) is 2. The second kappa shape index (κ2) is 6.41. The quantitative estimate of drug-likeness (QED) is 0.918. The molecule has 2 aromatic rings. The first-order valence-electron chi connectivity index (χ1n) is 7.26. The Hall–Kier alpha value is -2.33. The zero-order chi connectivity index (χ0) is 14.5. The highest BCUT2D eigenvalue weighted by Crippen LogP contribution is 2.26. The highest BCUT2D eigenvalue weighted by atomic mass is 16.2. The molecule has 1 saturated heterocycles. The van der Waals surface area contributed by atoms with E-state index in [1.807, 2.05) is 65.6 Å². The third-order valence-electron chi connectivity index (χ3n) is 3.61. The average Bonchev–Trinajstić information content (AvgIpc) is 2.58. The van der Waals surface area contributed by atoms with E-state index in [9.17, 15) is 4.79 Å². The van der Waals surface area contributed by atoms with E-state index in [2.05, 4.69) is 5.32 Å². The van der Waals surface area contributed by atoms with Crippen molar-refractivity contribution in [1.82, 2.24) is 10.2 Å². The Morgan fingerprint density at radius 1 is 0.857 bits per heavy atom. The molecule has 3 rings (SSSR count). The highest BCUT2D eigenvalue weighted by molar-refractivity contribution is 5.99. The van der Waals surface area contributed by atoms with E-state index < -0.39 is 0 Å². The molecule has 0 radical (unpaired) electrons. The number of nitrogens with zero attached hydrogens (tertiary/aromatic N) is 2. The minimum atomic E-state index is 0.0360. The Balaban J connectivity index is 1.94. The molecule has 108 valence electrons. The SMILES string of the molecule is O=C(N1CCNCC1)N(c1ccccc1)c1ccccc1. The third kappa shape index (κ3) is 3.06. The monoisotopic (exact) mass is 281 g/mol. The van der Waals surface area contributed by atoms with Gasteiger partial charge in [0.2, 0.25) is 0 Å². The van der Waals surface area contributed by atoms with Gasteiger partial charge >= 0.3 is 6.03 Å². The number of para-hydroxylation sites is 2. The molecule has 1 aliphatic rings. The van der Waals surface area contributed by atoms with Crippen LogP contribution in [0, 0.1) is 0 Å². The van der Waals surface area contributed by atoms with Gasteiger partial charge in [-0.15, -0.1) is 0 Å². The topological polar surface area (TPSA) is 35.6 Å². The van der Waals surface area contributed by atoms with Crippen molar-refractivity contribution in [2.45, 2.75) is 0 Å². The molecule has 0 aliphatic carbocycles. The first-order chi connectivity index (χ1) is 10.4. The van der Waals surface area contributed by atoms with E-state index in [0.717, 1.165) is 37.6 Å². The van der Waals surface area contributed by atoms with Crippen molar-refractivity contribution in [2.24, 2.45) is 0 Å². The Morgan fingerprint density at radius 3 is 1.81 bits per heavy atom. The number of anilines is 2. The molecule has 0 atom stereocenters. The second-order valence-electron chi connectivity index (χ2n) is 5.03. The van der Waals surface area contributed by atoms with Crippen LogP contribution in [0.25, 0.3) is 0 Å². The van der Waals surface area contributed by atoms with Crippen molar-refractivity contribution in [3.05, 3.63) is 60.7 Å². The van der Waals surface area contributed by atoms with Crippen molar-refractivity contribution < 1.29 is 4.79 Å². The van der Waals surface area contributed by atoms with E-state index in [0.29, 0.717) is 0 Å². The number of urea groups is 1. The number of benzene rings is 2. The van der Waals surface area contributed by atoms with E-state index in [4.69, 9.17) is 0 Å². The summed E-state index contributed by atoms with van der Waals surface area (Å²) in [5.41, 5.74) is 1.79. The van der Waals surface area contributed by atoms with Crippen LogP contribution in [-0.2, 0) is 0 Å². The van der Waals surface area contributed by atoms with Gasteiger partial charge in [-0.3, -0.25) is 4.90 Å². The van der Waals surface area contributed by atoms with Gasteiger partial charge in [0.25, 0.3) is 0 Å². The van der Waals surface area contributed by atoms with Crippen LogP contribution in [0.2, 0.25) is 0 Å². The van der Waals surface area contributed by atoms with Crippen LogP contribution in [0.3, 0.4) is 0 Å². The summed E-state index contributed by atoms with van der Waals surface area (Å²) in [6, 6.07) is 19.6. The molecule has 1 fully saturated rings. The molecule has 2 amide bonds. The molecular formula is C17H19N3O. The number of hydrogen-bond donors (Lipinski definition) is 1. The van der Waals surface area contributed by atoms with Gasteiger partial charge in [0.15, 0.2) is 0 Å². The van der Waals surface area contributed by atoms with E-state index in [1.165, 1.54) is 0 Å². The molecule has 0 spiro atoms. The summed E-state index contributed by atoms with van der Waals surface area (Å²) in [7, 11) is 0. The van der Waals surface area contributed by atoms with Crippen molar-refractivity contribution in [1.29, 1.82) is 0 Å². The van der Waals surface area contributed by atoms with Gasteiger partial charge in [-0.05, 0) is 24.3 Å². The van der Waals surface area contributed by atoms with E-state index >= 15 is 0 Å². The number of nitrogens with one attached hydrogen (secondary N) is 1. The molecular weight excluding hydrogens is 262 g/mol.